The highest BCUT2D eigenvalue weighted by Gasteiger charge is 2.22. The number of anilines is 1. The molecule has 1 aromatic heterocycles. The lowest BCUT2D eigenvalue weighted by molar-refractivity contribution is 0.00323. The number of aliphatic hydroxyl groups excluding tert-OH is 1. The molecule has 1 atom stereocenters. The maximum absolute atomic E-state index is 9.13. The van der Waals surface area contributed by atoms with Crippen molar-refractivity contribution in [3.8, 4) is 5.75 Å². The number of hydrogen-bond acceptors (Lipinski definition) is 5. The van der Waals surface area contributed by atoms with Gasteiger partial charge in [-0.2, -0.15) is 0 Å². The molecule has 17 heavy (non-hydrogen) atoms. The van der Waals surface area contributed by atoms with Gasteiger partial charge in [-0.25, -0.2) is 4.98 Å². The van der Waals surface area contributed by atoms with Crippen LogP contribution >= 0.6 is 0 Å². The van der Waals surface area contributed by atoms with Crippen molar-refractivity contribution in [3.05, 3.63) is 18.3 Å². The third-order valence-corrected chi connectivity index (χ3v) is 2.69. The van der Waals surface area contributed by atoms with Crippen molar-refractivity contribution in [3.63, 3.8) is 0 Å². The van der Waals surface area contributed by atoms with Crippen molar-refractivity contribution in [1.82, 2.24) is 4.98 Å². The highest BCUT2D eigenvalue weighted by molar-refractivity contribution is 5.52. The van der Waals surface area contributed by atoms with Crippen LogP contribution in [-0.2, 0) is 4.74 Å². The first kappa shape index (κ1) is 12.1. The van der Waals surface area contributed by atoms with E-state index in [1.807, 2.05) is 19.1 Å². The van der Waals surface area contributed by atoms with E-state index >= 15 is 0 Å². The van der Waals surface area contributed by atoms with Gasteiger partial charge >= 0.3 is 0 Å². The van der Waals surface area contributed by atoms with Crippen molar-refractivity contribution < 1.29 is 14.6 Å². The van der Waals surface area contributed by atoms with Gasteiger partial charge in [0, 0.05) is 19.3 Å². The van der Waals surface area contributed by atoms with E-state index in [1.165, 1.54) is 0 Å². The maximum Gasteiger partial charge on any atom is 0.171 e. The third kappa shape index (κ3) is 2.87. The third-order valence-electron chi connectivity index (χ3n) is 2.69. The number of nitrogens with zero attached hydrogens (tertiary/aromatic N) is 2. The second-order valence-electron chi connectivity index (χ2n) is 3.88. The molecular formula is C12H18N2O3. The summed E-state index contributed by atoms with van der Waals surface area (Å²) in [5, 5.41) is 9.13. The zero-order valence-corrected chi connectivity index (χ0v) is 10.0. The Morgan fingerprint density at radius 3 is 3.29 bits per heavy atom. The number of aromatic nitrogens is 1. The summed E-state index contributed by atoms with van der Waals surface area (Å²) in [5.74, 6) is 1.62. The van der Waals surface area contributed by atoms with Crippen LogP contribution in [-0.4, -0.2) is 49.1 Å². The zero-order chi connectivity index (χ0) is 12.1. The van der Waals surface area contributed by atoms with Crippen LogP contribution in [0.3, 0.4) is 0 Å². The van der Waals surface area contributed by atoms with Crippen LogP contribution in [0.2, 0.25) is 0 Å². The number of ether oxygens (including phenoxy) is 2. The number of rotatable bonds is 4. The average Bonchev–Trinajstić information content (AvgIpc) is 2.40. The predicted molar refractivity (Wildman–Crippen MR) is 64.4 cm³/mol. The first-order valence-electron chi connectivity index (χ1n) is 5.90. The molecule has 0 spiro atoms. The highest BCUT2D eigenvalue weighted by Crippen LogP contribution is 2.26. The van der Waals surface area contributed by atoms with E-state index in [0.29, 0.717) is 19.8 Å². The Balaban J connectivity index is 2.15. The molecule has 2 heterocycles. The van der Waals surface area contributed by atoms with Gasteiger partial charge in [-0.1, -0.05) is 0 Å². The summed E-state index contributed by atoms with van der Waals surface area (Å²) in [6, 6.07) is 3.77. The van der Waals surface area contributed by atoms with Gasteiger partial charge in [0.2, 0.25) is 0 Å². The van der Waals surface area contributed by atoms with Crippen LogP contribution < -0.4 is 9.64 Å². The van der Waals surface area contributed by atoms with Gasteiger partial charge in [0.15, 0.2) is 11.6 Å². The molecule has 0 aromatic carbocycles. The van der Waals surface area contributed by atoms with Gasteiger partial charge in [-0.05, 0) is 19.1 Å². The molecule has 1 fully saturated rings. The Morgan fingerprint density at radius 2 is 2.53 bits per heavy atom. The number of pyridine rings is 1. The summed E-state index contributed by atoms with van der Waals surface area (Å²) >= 11 is 0. The highest BCUT2D eigenvalue weighted by atomic mass is 16.5. The average molecular weight is 238 g/mol. The van der Waals surface area contributed by atoms with Crippen LogP contribution in [0.1, 0.15) is 6.92 Å². The standard InChI is InChI=1S/C12H18N2O3/c1-2-16-11-4-3-5-13-12(11)14-6-7-17-10(8-14)9-15/h3-5,10,15H,2,6-9H2,1H3. The predicted octanol–water partition coefficient (Wildman–Crippen LogP) is 0.678. The Hall–Kier alpha value is -1.33. The quantitative estimate of drug-likeness (QED) is 0.836. The van der Waals surface area contributed by atoms with E-state index < -0.39 is 0 Å². The van der Waals surface area contributed by atoms with E-state index in [1.54, 1.807) is 6.20 Å². The normalized spacial score (nSPS) is 20.4. The fourth-order valence-corrected chi connectivity index (χ4v) is 1.91. The molecule has 1 unspecified atom stereocenters. The van der Waals surface area contributed by atoms with Crippen molar-refractivity contribution >= 4 is 5.82 Å². The second kappa shape index (κ2) is 5.84. The lowest BCUT2D eigenvalue weighted by atomic mass is 10.2. The minimum Gasteiger partial charge on any atom is -0.490 e. The summed E-state index contributed by atoms with van der Waals surface area (Å²) in [4.78, 5) is 6.45. The van der Waals surface area contributed by atoms with Crippen molar-refractivity contribution in [2.45, 2.75) is 13.0 Å². The molecule has 1 aliphatic rings. The Morgan fingerprint density at radius 1 is 1.65 bits per heavy atom. The van der Waals surface area contributed by atoms with Gasteiger partial charge in [0.25, 0.3) is 0 Å². The van der Waals surface area contributed by atoms with Gasteiger partial charge in [0.05, 0.1) is 25.9 Å². The molecule has 94 valence electrons. The van der Waals surface area contributed by atoms with E-state index in [2.05, 4.69) is 9.88 Å². The fourth-order valence-electron chi connectivity index (χ4n) is 1.91. The van der Waals surface area contributed by atoms with E-state index in [-0.39, 0.29) is 12.7 Å². The van der Waals surface area contributed by atoms with Crippen LogP contribution in [0.5, 0.6) is 5.75 Å². The number of morpholine rings is 1. The smallest absolute Gasteiger partial charge is 0.171 e. The van der Waals surface area contributed by atoms with Crippen molar-refractivity contribution in [2.75, 3.05) is 37.8 Å². The first-order chi connectivity index (χ1) is 8.35. The molecular weight excluding hydrogens is 220 g/mol. The molecule has 0 saturated carbocycles. The van der Waals surface area contributed by atoms with Crippen LogP contribution in [0, 0.1) is 0 Å². The number of hydrogen-bond donors (Lipinski definition) is 1. The molecule has 0 bridgehead atoms. The molecule has 5 nitrogen and oxygen atoms in total. The molecule has 1 aromatic rings. The molecule has 1 N–H and O–H groups in total. The lowest BCUT2D eigenvalue weighted by Crippen LogP contribution is -2.44. The Kier molecular flexibility index (Phi) is 4.17. The Bertz CT molecular complexity index is 359. The monoisotopic (exact) mass is 238 g/mol. The topological polar surface area (TPSA) is 54.8 Å². The molecule has 0 radical (unpaired) electrons. The minimum atomic E-state index is -0.139. The van der Waals surface area contributed by atoms with Crippen LogP contribution in [0.15, 0.2) is 18.3 Å². The zero-order valence-electron chi connectivity index (χ0n) is 10.0. The Labute approximate surface area is 101 Å². The van der Waals surface area contributed by atoms with E-state index in [4.69, 9.17) is 14.6 Å². The molecule has 0 amide bonds. The first-order valence-corrected chi connectivity index (χ1v) is 5.90. The number of aliphatic hydroxyl groups is 1. The van der Waals surface area contributed by atoms with Gasteiger partial charge in [-0.3, -0.25) is 0 Å². The second-order valence-corrected chi connectivity index (χ2v) is 3.88. The molecule has 2 rings (SSSR count). The summed E-state index contributed by atoms with van der Waals surface area (Å²) in [6.07, 6.45) is 1.61. The molecule has 1 saturated heterocycles. The maximum atomic E-state index is 9.13. The van der Waals surface area contributed by atoms with Crippen LogP contribution in [0.25, 0.3) is 0 Å². The summed E-state index contributed by atoms with van der Waals surface area (Å²) in [7, 11) is 0. The van der Waals surface area contributed by atoms with E-state index in [9.17, 15) is 0 Å². The molecule has 1 aliphatic heterocycles. The minimum absolute atomic E-state index is 0.0350. The van der Waals surface area contributed by atoms with Crippen LogP contribution in [0.4, 0.5) is 5.82 Å². The SMILES string of the molecule is CCOc1cccnc1N1CCOC(CO)C1. The van der Waals surface area contributed by atoms with Gasteiger partial charge in [-0.15, -0.1) is 0 Å². The van der Waals surface area contributed by atoms with Gasteiger partial charge < -0.3 is 19.5 Å². The van der Waals surface area contributed by atoms with Crippen molar-refractivity contribution in [2.24, 2.45) is 0 Å². The summed E-state index contributed by atoms with van der Waals surface area (Å²) in [5.41, 5.74) is 0. The molecule has 5 heteroatoms. The summed E-state index contributed by atoms with van der Waals surface area (Å²) in [6.45, 7) is 4.63. The van der Waals surface area contributed by atoms with Crippen molar-refractivity contribution in [1.29, 1.82) is 0 Å². The van der Waals surface area contributed by atoms with Gasteiger partial charge in [0.1, 0.15) is 0 Å². The lowest BCUT2D eigenvalue weighted by Gasteiger charge is -2.33. The fraction of sp³-hybridized carbons (Fsp3) is 0.583. The largest absolute Gasteiger partial charge is 0.490 e. The summed E-state index contributed by atoms with van der Waals surface area (Å²) < 4.78 is 11.0. The van der Waals surface area contributed by atoms with E-state index in [0.717, 1.165) is 18.1 Å². The molecule has 0 aliphatic carbocycles.